The zero-order valence-electron chi connectivity index (χ0n) is 12.3. The Balaban J connectivity index is 1.92. The highest BCUT2D eigenvalue weighted by atomic mass is 32.2. The lowest BCUT2D eigenvalue weighted by atomic mass is 10.3. The van der Waals surface area contributed by atoms with Crippen LogP contribution in [0.5, 0.6) is 0 Å². The van der Waals surface area contributed by atoms with Crippen LogP contribution in [0.1, 0.15) is 0 Å². The molecule has 1 aromatic heterocycles. The Bertz CT molecular complexity index is 792. The molecule has 0 unspecified atom stereocenters. The standard InChI is InChI=1S/C15H16FN3O3S/c16-12-4-1-2-6-14(12)23(20,21)18-15-13(5-3-7-17-15)19-8-10-22-11-9-19/h1-7H,8-11H2,(H,17,18). The van der Waals surface area contributed by atoms with E-state index in [0.717, 1.165) is 6.07 Å². The van der Waals surface area contributed by atoms with Crippen molar-refractivity contribution < 1.29 is 17.5 Å². The Hall–Kier alpha value is -2.19. The fourth-order valence-electron chi connectivity index (χ4n) is 2.38. The summed E-state index contributed by atoms with van der Waals surface area (Å²) in [6.45, 7) is 2.41. The third-order valence-electron chi connectivity index (χ3n) is 3.50. The van der Waals surface area contributed by atoms with Crippen LogP contribution in [0.25, 0.3) is 0 Å². The quantitative estimate of drug-likeness (QED) is 0.922. The molecule has 1 N–H and O–H groups in total. The average Bonchev–Trinajstić information content (AvgIpc) is 2.56. The minimum atomic E-state index is -4.05. The Morgan fingerprint density at radius 2 is 1.87 bits per heavy atom. The molecule has 2 heterocycles. The molecule has 1 aliphatic heterocycles. The number of halogens is 1. The number of pyridine rings is 1. The molecule has 1 fully saturated rings. The molecule has 0 atom stereocenters. The van der Waals surface area contributed by atoms with Gasteiger partial charge >= 0.3 is 0 Å². The fourth-order valence-corrected chi connectivity index (χ4v) is 3.48. The van der Waals surface area contributed by atoms with Crippen LogP contribution < -0.4 is 9.62 Å². The monoisotopic (exact) mass is 337 g/mol. The van der Waals surface area contributed by atoms with Crippen molar-refractivity contribution in [3.63, 3.8) is 0 Å². The predicted octanol–water partition coefficient (Wildman–Crippen LogP) is 1.86. The summed E-state index contributed by atoms with van der Waals surface area (Å²) in [6.07, 6.45) is 1.49. The molecule has 0 saturated carbocycles. The van der Waals surface area contributed by atoms with E-state index in [1.54, 1.807) is 12.1 Å². The third kappa shape index (κ3) is 3.43. The van der Waals surface area contributed by atoms with E-state index in [4.69, 9.17) is 4.74 Å². The van der Waals surface area contributed by atoms with Crippen LogP contribution in [-0.4, -0.2) is 39.7 Å². The highest BCUT2D eigenvalue weighted by molar-refractivity contribution is 7.92. The van der Waals surface area contributed by atoms with Crippen molar-refractivity contribution in [2.24, 2.45) is 0 Å². The van der Waals surface area contributed by atoms with Crippen LogP contribution in [0, 0.1) is 5.82 Å². The number of hydrogen-bond acceptors (Lipinski definition) is 5. The minimum Gasteiger partial charge on any atom is -0.378 e. The van der Waals surface area contributed by atoms with Crippen LogP contribution in [0.2, 0.25) is 0 Å². The van der Waals surface area contributed by atoms with Crippen molar-refractivity contribution in [2.75, 3.05) is 35.9 Å². The number of benzene rings is 1. The van der Waals surface area contributed by atoms with Gasteiger partial charge < -0.3 is 9.64 Å². The van der Waals surface area contributed by atoms with Crippen LogP contribution >= 0.6 is 0 Å². The second kappa shape index (κ2) is 6.51. The maximum Gasteiger partial charge on any atom is 0.266 e. The summed E-state index contributed by atoms with van der Waals surface area (Å²) in [5.74, 6) is -0.624. The van der Waals surface area contributed by atoms with Gasteiger partial charge in [-0.1, -0.05) is 12.1 Å². The van der Waals surface area contributed by atoms with Crippen LogP contribution in [-0.2, 0) is 14.8 Å². The molecular weight excluding hydrogens is 321 g/mol. The molecular formula is C15H16FN3O3S. The molecule has 3 rings (SSSR count). The van der Waals surface area contributed by atoms with E-state index in [-0.39, 0.29) is 5.82 Å². The summed E-state index contributed by atoms with van der Waals surface area (Å²) in [4.78, 5) is 5.68. The lowest BCUT2D eigenvalue weighted by Gasteiger charge is -2.30. The van der Waals surface area contributed by atoms with Gasteiger partial charge in [-0.3, -0.25) is 4.72 Å². The van der Waals surface area contributed by atoms with Crippen molar-refractivity contribution in [2.45, 2.75) is 4.90 Å². The number of sulfonamides is 1. The number of hydrogen-bond donors (Lipinski definition) is 1. The van der Waals surface area contributed by atoms with Gasteiger partial charge in [0.1, 0.15) is 10.7 Å². The van der Waals surface area contributed by atoms with E-state index in [1.807, 2.05) is 4.90 Å². The van der Waals surface area contributed by atoms with Gasteiger partial charge in [0, 0.05) is 19.3 Å². The zero-order chi connectivity index (χ0) is 16.3. The molecule has 1 saturated heterocycles. The molecule has 23 heavy (non-hydrogen) atoms. The molecule has 6 nitrogen and oxygen atoms in total. The summed E-state index contributed by atoms with van der Waals surface area (Å²) < 4.78 is 46.3. The smallest absolute Gasteiger partial charge is 0.266 e. The van der Waals surface area contributed by atoms with Crippen molar-refractivity contribution >= 4 is 21.5 Å². The molecule has 1 aromatic carbocycles. The molecule has 0 aliphatic carbocycles. The van der Waals surface area contributed by atoms with E-state index in [9.17, 15) is 12.8 Å². The average molecular weight is 337 g/mol. The highest BCUT2D eigenvalue weighted by Gasteiger charge is 2.22. The lowest BCUT2D eigenvalue weighted by Crippen LogP contribution is -2.37. The maximum atomic E-state index is 13.8. The Kier molecular flexibility index (Phi) is 4.44. The van der Waals surface area contributed by atoms with Gasteiger partial charge in [-0.15, -0.1) is 0 Å². The first kappa shape index (κ1) is 15.7. The second-order valence-electron chi connectivity index (χ2n) is 5.01. The highest BCUT2D eigenvalue weighted by Crippen LogP contribution is 2.27. The maximum absolute atomic E-state index is 13.8. The van der Waals surface area contributed by atoms with Crippen molar-refractivity contribution in [1.29, 1.82) is 0 Å². The number of rotatable bonds is 4. The van der Waals surface area contributed by atoms with E-state index >= 15 is 0 Å². The van der Waals surface area contributed by atoms with E-state index in [0.29, 0.717) is 32.0 Å². The van der Waals surface area contributed by atoms with Crippen LogP contribution in [0.3, 0.4) is 0 Å². The van der Waals surface area contributed by atoms with Gasteiger partial charge in [0.25, 0.3) is 10.0 Å². The Labute approximate surface area is 134 Å². The molecule has 8 heteroatoms. The Morgan fingerprint density at radius 3 is 2.61 bits per heavy atom. The summed E-state index contributed by atoms with van der Waals surface area (Å²) in [7, 11) is -4.05. The molecule has 0 spiro atoms. The topological polar surface area (TPSA) is 71.5 Å². The number of nitrogens with one attached hydrogen (secondary N) is 1. The predicted molar refractivity (Wildman–Crippen MR) is 84.5 cm³/mol. The molecule has 2 aromatic rings. The molecule has 1 aliphatic rings. The molecule has 0 radical (unpaired) electrons. The Morgan fingerprint density at radius 1 is 1.13 bits per heavy atom. The van der Waals surface area contributed by atoms with E-state index < -0.39 is 20.7 Å². The number of nitrogens with zero attached hydrogens (tertiary/aromatic N) is 2. The first-order valence-electron chi connectivity index (χ1n) is 7.13. The van der Waals surface area contributed by atoms with Gasteiger partial charge in [-0.2, -0.15) is 0 Å². The normalized spacial score (nSPS) is 15.4. The van der Waals surface area contributed by atoms with Crippen molar-refractivity contribution in [3.8, 4) is 0 Å². The zero-order valence-corrected chi connectivity index (χ0v) is 13.1. The molecule has 0 bridgehead atoms. The van der Waals surface area contributed by atoms with Crippen molar-refractivity contribution in [1.82, 2.24) is 4.98 Å². The molecule has 122 valence electrons. The van der Waals surface area contributed by atoms with Gasteiger partial charge in [-0.05, 0) is 24.3 Å². The van der Waals surface area contributed by atoms with Gasteiger partial charge in [0.2, 0.25) is 0 Å². The fraction of sp³-hybridized carbons (Fsp3) is 0.267. The third-order valence-corrected chi connectivity index (χ3v) is 4.87. The second-order valence-corrected chi connectivity index (χ2v) is 6.66. The van der Waals surface area contributed by atoms with E-state index in [2.05, 4.69) is 9.71 Å². The minimum absolute atomic E-state index is 0.178. The first-order chi connectivity index (χ1) is 11.1. The van der Waals surface area contributed by atoms with Gasteiger partial charge in [0.15, 0.2) is 5.82 Å². The number of aromatic nitrogens is 1. The summed E-state index contributed by atoms with van der Waals surface area (Å²) in [6, 6.07) is 8.74. The molecule has 0 amide bonds. The first-order valence-corrected chi connectivity index (χ1v) is 8.61. The summed E-state index contributed by atoms with van der Waals surface area (Å²) in [5, 5.41) is 0. The summed E-state index contributed by atoms with van der Waals surface area (Å²) in [5.41, 5.74) is 0.649. The van der Waals surface area contributed by atoms with Crippen molar-refractivity contribution in [3.05, 3.63) is 48.4 Å². The van der Waals surface area contributed by atoms with E-state index in [1.165, 1.54) is 24.4 Å². The summed E-state index contributed by atoms with van der Waals surface area (Å²) >= 11 is 0. The SMILES string of the molecule is O=S(=O)(Nc1ncccc1N1CCOCC1)c1ccccc1F. The largest absolute Gasteiger partial charge is 0.378 e. The van der Waals surface area contributed by atoms with Gasteiger partial charge in [-0.25, -0.2) is 17.8 Å². The van der Waals surface area contributed by atoms with Crippen LogP contribution in [0.4, 0.5) is 15.9 Å². The number of ether oxygens (including phenoxy) is 1. The van der Waals surface area contributed by atoms with Gasteiger partial charge in [0.05, 0.1) is 18.9 Å². The number of morpholine rings is 1. The number of anilines is 2. The lowest BCUT2D eigenvalue weighted by molar-refractivity contribution is 0.123. The van der Waals surface area contributed by atoms with Crippen LogP contribution in [0.15, 0.2) is 47.5 Å².